The summed E-state index contributed by atoms with van der Waals surface area (Å²) >= 11 is 0. The van der Waals surface area contributed by atoms with E-state index < -0.39 is 9.84 Å². The van der Waals surface area contributed by atoms with E-state index >= 15 is 0 Å². The average Bonchev–Trinajstić information content (AvgIpc) is 2.50. The van der Waals surface area contributed by atoms with Crippen molar-refractivity contribution in [1.82, 2.24) is 0 Å². The van der Waals surface area contributed by atoms with E-state index in [0.29, 0.717) is 12.0 Å². The highest BCUT2D eigenvalue weighted by Crippen LogP contribution is 2.19. The van der Waals surface area contributed by atoms with E-state index in [-0.39, 0.29) is 16.2 Å². The Labute approximate surface area is 126 Å². The van der Waals surface area contributed by atoms with Crippen LogP contribution in [-0.2, 0) is 9.84 Å². The summed E-state index contributed by atoms with van der Waals surface area (Å²) in [7, 11) is -3.45. The highest BCUT2D eigenvalue weighted by molar-refractivity contribution is 7.91. The molecule has 0 fully saturated rings. The summed E-state index contributed by atoms with van der Waals surface area (Å²) in [6, 6.07) is 7.90. The Balaban J connectivity index is 2.71. The zero-order valence-electron chi connectivity index (χ0n) is 12.3. The zero-order valence-corrected chi connectivity index (χ0v) is 13.1. The Morgan fingerprint density at radius 1 is 1.00 bits per heavy atom. The van der Waals surface area contributed by atoms with Crippen LogP contribution in [0, 0.1) is 22.7 Å². The number of hydrogen-bond donors (Lipinski definition) is 0. The molecule has 0 saturated heterocycles. The van der Waals surface area contributed by atoms with Gasteiger partial charge in [0.15, 0.2) is 9.84 Å². The number of nitriles is 2. The second kappa shape index (κ2) is 8.44. The number of hydrogen-bond acceptors (Lipinski definition) is 4. The van der Waals surface area contributed by atoms with Crippen molar-refractivity contribution in [1.29, 1.82) is 10.5 Å². The molecule has 0 aliphatic carbocycles. The van der Waals surface area contributed by atoms with Crippen LogP contribution >= 0.6 is 0 Å². The molecule has 0 aliphatic heterocycles. The van der Waals surface area contributed by atoms with Crippen molar-refractivity contribution in [3.8, 4) is 12.1 Å². The first-order chi connectivity index (χ1) is 10.0. The highest BCUT2D eigenvalue weighted by atomic mass is 32.2. The first-order valence-electron chi connectivity index (χ1n) is 7.22. The summed E-state index contributed by atoms with van der Waals surface area (Å²) in [5.74, 6) is 0.0553. The zero-order chi connectivity index (χ0) is 15.7. The van der Waals surface area contributed by atoms with Crippen LogP contribution in [-0.4, -0.2) is 14.2 Å². The number of sulfone groups is 1. The van der Waals surface area contributed by atoms with Crippen molar-refractivity contribution in [2.75, 3.05) is 5.75 Å². The topological polar surface area (TPSA) is 81.7 Å². The van der Waals surface area contributed by atoms with Crippen molar-refractivity contribution < 1.29 is 8.42 Å². The molecule has 0 amide bonds. The molecule has 5 heteroatoms. The highest BCUT2D eigenvalue weighted by Gasteiger charge is 2.18. The third kappa shape index (κ3) is 5.21. The second-order valence-corrected chi connectivity index (χ2v) is 7.10. The van der Waals surface area contributed by atoms with Gasteiger partial charge in [-0.05, 0) is 24.6 Å². The van der Waals surface area contributed by atoms with Crippen molar-refractivity contribution in [2.45, 2.75) is 50.3 Å². The molecule has 0 aromatic heterocycles. The van der Waals surface area contributed by atoms with E-state index in [0.717, 1.165) is 25.7 Å². The SMILES string of the molecule is CCCCCCCCS(=O)(=O)c1ccc(C#N)cc1C#N. The maximum absolute atomic E-state index is 12.3. The van der Waals surface area contributed by atoms with Crippen molar-refractivity contribution >= 4 is 9.84 Å². The molecule has 0 N–H and O–H groups in total. The van der Waals surface area contributed by atoms with Gasteiger partial charge in [0.25, 0.3) is 0 Å². The van der Waals surface area contributed by atoms with Gasteiger partial charge in [-0.25, -0.2) is 8.42 Å². The van der Waals surface area contributed by atoms with Crippen molar-refractivity contribution in [2.24, 2.45) is 0 Å². The van der Waals surface area contributed by atoms with Gasteiger partial charge in [0.2, 0.25) is 0 Å². The number of rotatable bonds is 8. The maximum Gasteiger partial charge on any atom is 0.179 e. The molecule has 1 aromatic rings. The molecule has 1 aromatic carbocycles. The molecule has 0 saturated carbocycles. The second-order valence-electron chi connectivity index (χ2n) is 5.02. The number of nitrogens with zero attached hydrogens (tertiary/aromatic N) is 2. The van der Waals surface area contributed by atoms with Crippen LogP contribution in [0.1, 0.15) is 56.6 Å². The van der Waals surface area contributed by atoms with Crippen molar-refractivity contribution in [3.63, 3.8) is 0 Å². The predicted octanol–water partition coefficient (Wildman–Crippen LogP) is 3.56. The minimum atomic E-state index is -3.45. The Hall–Kier alpha value is -1.85. The fraction of sp³-hybridized carbons (Fsp3) is 0.500. The minimum Gasteiger partial charge on any atom is -0.224 e. The maximum atomic E-state index is 12.3. The van der Waals surface area contributed by atoms with Gasteiger partial charge in [-0.1, -0.05) is 39.0 Å². The summed E-state index contributed by atoms with van der Waals surface area (Å²) in [5, 5.41) is 17.8. The summed E-state index contributed by atoms with van der Waals surface area (Å²) in [6.07, 6.45) is 6.02. The van der Waals surface area contributed by atoms with Crippen LogP contribution in [0.2, 0.25) is 0 Å². The third-order valence-corrected chi connectivity index (χ3v) is 5.18. The molecule has 4 nitrogen and oxygen atoms in total. The molecular formula is C16H20N2O2S. The van der Waals surface area contributed by atoms with Crippen LogP contribution in [0.25, 0.3) is 0 Å². The van der Waals surface area contributed by atoms with Gasteiger partial charge in [-0.2, -0.15) is 10.5 Å². The quantitative estimate of drug-likeness (QED) is 0.687. The fourth-order valence-electron chi connectivity index (χ4n) is 2.14. The van der Waals surface area contributed by atoms with Crippen LogP contribution in [0.5, 0.6) is 0 Å². The Kier molecular flexibility index (Phi) is 6.91. The minimum absolute atomic E-state index is 0.0394. The van der Waals surface area contributed by atoms with Crippen LogP contribution in [0.15, 0.2) is 23.1 Å². The lowest BCUT2D eigenvalue weighted by atomic mass is 10.1. The molecule has 21 heavy (non-hydrogen) atoms. The lowest BCUT2D eigenvalue weighted by Gasteiger charge is -2.06. The van der Waals surface area contributed by atoms with Crippen molar-refractivity contribution in [3.05, 3.63) is 29.3 Å². The summed E-state index contributed by atoms with van der Waals surface area (Å²) in [6.45, 7) is 2.14. The molecule has 0 heterocycles. The van der Waals surface area contributed by atoms with Crippen LogP contribution in [0.4, 0.5) is 0 Å². The Morgan fingerprint density at radius 2 is 1.67 bits per heavy atom. The summed E-state index contributed by atoms with van der Waals surface area (Å²) < 4.78 is 24.5. The van der Waals surface area contributed by atoms with E-state index in [1.165, 1.54) is 24.6 Å². The molecule has 0 radical (unpaired) electrons. The van der Waals surface area contributed by atoms with E-state index in [9.17, 15) is 8.42 Å². The molecule has 112 valence electrons. The third-order valence-electron chi connectivity index (χ3n) is 3.33. The molecule has 0 spiro atoms. The smallest absolute Gasteiger partial charge is 0.179 e. The summed E-state index contributed by atoms with van der Waals surface area (Å²) in [5.41, 5.74) is 0.352. The van der Waals surface area contributed by atoms with Gasteiger partial charge in [0.05, 0.1) is 27.8 Å². The molecular weight excluding hydrogens is 284 g/mol. The number of unbranched alkanes of at least 4 members (excludes halogenated alkanes) is 5. The van der Waals surface area contributed by atoms with Gasteiger partial charge in [-0.15, -0.1) is 0 Å². The van der Waals surface area contributed by atoms with Crippen LogP contribution in [0.3, 0.4) is 0 Å². The molecule has 1 rings (SSSR count). The average molecular weight is 304 g/mol. The largest absolute Gasteiger partial charge is 0.224 e. The lowest BCUT2D eigenvalue weighted by Crippen LogP contribution is -2.09. The molecule has 0 unspecified atom stereocenters. The molecule has 0 atom stereocenters. The van der Waals surface area contributed by atoms with Crippen LogP contribution < -0.4 is 0 Å². The van der Waals surface area contributed by atoms with E-state index in [1.54, 1.807) is 0 Å². The first kappa shape index (κ1) is 17.2. The summed E-state index contributed by atoms with van der Waals surface area (Å²) in [4.78, 5) is 0.0394. The van der Waals surface area contributed by atoms with E-state index in [1.807, 2.05) is 12.1 Å². The van der Waals surface area contributed by atoms with Gasteiger partial charge in [-0.3, -0.25) is 0 Å². The van der Waals surface area contributed by atoms with Gasteiger partial charge < -0.3 is 0 Å². The fourth-order valence-corrected chi connectivity index (χ4v) is 3.66. The molecule has 0 aliphatic rings. The van der Waals surface area contributed by atoms with E-state index in [4.69, 9.17) is 10.5 Å². The monoisotopic (exact) mass is 304 g/mol. The normalized spacial score (nSPS) is 10.8. The number of benzene rings is 1. The molecule has 0 bridgehead atoms. The Morgan fingerprint density at radius 3 is 2.29 bits per heavy atom. The van der Waals surface area contributed by atoms with Gasteiger partial charge in [0.1, 0.15) is 6.07 Å². The first-order valence-corrected chi connectivity index (χ1v) is 8.87. The Bertz CT molecular complexity index is 652. The lowest BCUT2D eigenvalue weighted by molar-refractivity contribution is 0.583. The predicted molar refractivity (Wildman–Crippen MR) is 81.3 cm³/mol. The standard InChI is InChI=1S/C16H20N2O2S/c1-2-3-4-5-6-7-10-21(19,20)16-9-8-14(12-17)11-15(16)13-18/h8-9,11H,2-7,10H2,1H3. The van der Waals surface area contributed by atoms with Gasteiger partial charge in [0, 0.05) is 0 Å². The van der Waals surface area contributed by atoms with Gasteiger partial charge >= 0.3 is 0 Å². The van der Waals surface area contributed by atoms with E-state index in [2.05, 4.69) is 6.92 Å².